The lowest BCUT2D eigenvalue weighted by atomic mass is 10.2. The smallest absolute Gasteiger partial charge is 0.239 e. The van der Waals surface area contributed by atoms with E-state index >= 15 is 0 Å². The van der Waals surface area contributed by atoms with E-state index in [4.69, 9.17) is 5.73 Å². The number of nitrogens with zero attached hydrogens (tertiary/aromatic N) is 3. The van der Waals surface area contributed by atoms with Gasteiger partial charge in [0.25, 0.3) is 0 Å². The van der Waals surface area contributed by atoms with Crippen LogP contribution in [0.3, 0.4) is 0 Å². The van der Waals surface area contributed by atoms with Crippen LogP contribution in [0.15, 0.2) is 42.9 Å². The predicted molar refractivity (Wildman–Crippen MR) is 81.7 cm³/mol. The van der Waals surface area contributed by atoms with Crippen LogP contribution in [-0.4, -0.2) is 20.3 Å². The lowest BCUT2D eigenvalue weighted by Gasteiger charge is -2.02. The molecule has 6 nitrogen and oxygen atoms in total. The second-order valence-corrected chi connectivity index (χ2v) is 5.03. The highest BCUT2D eigenvalue weighted by Gasteiger charge is 2.06. The van der Waals surface area contributed by atoms with Gasteiger partial charge >= 0.3 is 0 Å². The van der Waals surface area contributed by atoms with Gasteiger partial charge in [0, 0.05) is 36.9 Å². The van der Waals surface area contributed by atoms with E-state index < -0.39 is 5.91 Å². The first-order valence-corrected chi connectivity index (χ1v) is 6.71. The Morgan fingerprint density at radius 1 is 1.33 bits per heavy atom. The van der Waals surface area contributed by atoms with Crippen molar-refractivity contribution in [2.24, 2.45) is 12.8 Å². The van der Waals surface area contributed by atoms with Crippen LogP contribution in [-0.2, 0) is 24.9 Å². The molecule has 0 spiro atoms. The monoisotopic (exact) mass is 283 g/mol. The number of rotatable bonds is 5. The van der Waals surface area contributed by atoms with Gasteiger partial charge in [0.2, 0.25) is 5.91 Å². The van der Waals surface area contributed by atoms with E-state index in [9.17, 15) is 4.79 Å². The highest BCUT2D eigenvalue weighted by Crippen LogP contribution is 2.21. The highest BCUT2D eigenvalue weighted by molar-refractivity contribution is 5.84. The molecule has 1 aromatic carbocycles. The third-order valence-electron chi connectivity index (χ3n) is 3.41. The summed E-state index contributed by atoms with van der Waals surface area (Å²) in [7, 11) is 2.04. The molecule has 2 heterocycles. The molecule has 0 aliphatic rings. The molecule has 0 unspecified atom stereocenters. The third kappa shape index (κ3) is 2.74. The molecule has 21 heavy (non-hydrogen) atoms. The van der Waals surface area contributed by atoms with Crippen molar-refractivity contribution in [2.45, 2.75) is 13.1 Å². The first kappa shape index (κ1) is 13.2. The van der Waals surface area contributed by atoms with E-state index in [2.05, 4.69) is 33.3 Å². The van der Waals surface area contributed by atoms with Gasteiger partial charge in [0.1, 0.15) is 6.54 Å². The maximum atomic E-state index is 10.8. The van der Waals surface area contributed by atoms with E-state index in [1.807, 2.05) is 19.2 Å². The molecule has 108 valence electrons. The van der Waals surface area contributed by atoms with Gasteiger partial charge in [-0.05, 0) is 11.6 Å². The summed E-state index contributed by atoms with van der Waals surface area (Å²) >= 11 is 0. The van der Waals surface area contributed by atoms with Gasteiger partial charge in [0.05, 0.1) is 11.9 Å². The normalized spacial score (nSPS) is 10.9. The van der Waals surface area contributed by atoms with Gasteiger partial charge in [-0.25, -0.2) is 0 Å². The molecule has 0 saturated carbocycles. The molecule has 1 amide bonds. The summed E-state index contributed by atoms with van der Waals surface area (Å²) in [6.07, 6.45) is 5.58. The van der Waals surface area contributed by atoms with Gasteiger partial charge in [-0.15, -0.1) is 0 Å². The van der Waals surface area contributed by atoms with Crippen molar-refractivity contribution in [1.29, 1.82) is 0 Å². The molecule has 6 heteroatoms. The summed E-state index contributed by atoms with van der Waals surface area (Å²) in [6.45, 7) is 0.791. The van der Waals surface area contributed by atoms with Gasteiger partial charge in [-0.3, -0.25) is 9.48 Å². The Labute approximate surface area is 122 Å². The van der Waals surface area contributed by atoms with Crippen molar-refractivity contribution in [1.82, 2.24) is 14.3 Å². The fraction of sp³-hybridized carbons (Fsp3) is 0.200. The van der Waals surface area contributed by atoms with Gasteiger partial charge in [0.15, 0.2) is 0 Å². The maximum Gasteiger partial charge on any atom is 0.239 e. The lowest BCUT2D eigenvalue weighted by molar-refractivity contribution is -0.118. The molecular weight excluding hydrogens is 266 g/mol. The Balaban J connectivity index is 1.74. The topological polar surface area (TPSA) is 77.9 Å². The minimum Gasteiger partial charge on any atom is -0.378 e. The largest absolute Gasteiger partial charge is 0.378 e. The van der Waals surface area contributed by atoms with E-state index in [1.54, 1.807) is 12.4 Å². The van der Waals surface area contributed by atoms with Crippen molar-refractivity contribution in [3.63, 3.8) is 0 Å². The summed E-state index contributed by atoms with van der Waals surface area (Å²) in [4.78, 5) is 10.8. The number of para-hydroxylation sites is 1. The molecule has 0 aliphatic carbocycles. The van der Waals surface area contributed by atoms with Crippen molar-refractivity contribution >= 4 is 22.5 Å². The van der Waals surface area contributed by atoms with E-state index in [1.165, 1.54) is 21.1 Å². The van der Waals surface area contributed by atoms with Crippen molar-refractivity contribution in [2.75, 3.05) is 5.32 Å². The fourth-order valence-electron chi connectivity index (χ4n) is 2.46. The number of nitrogens with one attached hydrogen (secondary N) is 1. The molecule has 0 radical (unpaired) electrons. The molecule has 3 rings (SSSR count). The molecular formula is C15H17N5O. The fourth-order valence-corrected chi connectivity index (χ4v) is 2.46. The van der Waals surface area contributed by atoms with Crippen LogP contribution >= 0.6 is 0 Å². The number of benzene rings is 1. The van der Waals surface area contributed by atoms with Crippen LogP contribution in [0.5, 0.6) is 0 Å². The highest BCUT2D eigenvalue weighted by atomic mass is 16.1. The number of carbonyl (C=O) groups is 1. The van der Waals surface area contributed by atoms with Gasteiger partial charge in [-0.2, -0.15) is 5.10 Å². The summed E-state index contributed by atoms with van der Waals surface area (Å²) in [5, 5.41) is 8.63. The number of aromatic nitrogens is 3. The third-order valence-corrected chi connectivity index (χ3v) is 3.41. The van der Waals surface area contributed by atoms with Gasteiger partial charge in [-0.1, -0.05) is 18.2 Å². The summed E-state index contributed by atoms with van der Waals surface area (Å²) in [6, 6.07) is 8.29. The zero-order valence-corrected chi connectivity index (χ0v) is 11.8. The number of hydrogen-bond donors (Lipinski definition) is 2. The SMILES string of the molecule is Cn1cc(CNc2cnn(CC(N)=O)c2)c2ccccc21. The average molecular weight is 283 g/mol. The second-order valence-electron chi connectivity index (χ2n) is 5.03. The zero-order chi connectivity index (χ0) is 14.8. The number of primary amides is 1. The molecule has 0 fully saturated rings. The van der Waals surface area contributed by atoms with Crippen molar-refractivity contribution in [3.8, 4) is 0 Å². The first-order valence-electron chi connectivity index (χ1n) is 6.71. The molecule has 0 saturated heterocycles. The number of nitrogens with two attached hydrogens (primary N) is 1. The zero-order valence-electron chi connectivity index (χ0n) is 11.8. The second kappa shape index (κ2) is 5.32. The predicted octanol–water partition coefficient (Wildman–Crippen LogP) is 1.47. The number of anilines is 1. The molecule has 3 aromatic rings. The maximum absolute atomic E-state index is 10.8. The lowest BCUT2D eigenvalue weighted by Crippen LogP contribution is -2.18. The number of fused-ring (bicyclic) bond motifs is 1. The molecule has 0 aliphatic heterocycles. The number of carbonyl (C=O) groups excluding carboxylic acids is 1. The molecule has 0 atom stereocenters. The number of amides is 1. The molecule has 0 bridgehead atoms. The minimum atomic E-state index is -0.404. The Morgan fingerprint density at radius 3 is 2.95 bits per heavy atom. The Hall–Kier alpha value is -2.76. The van der Waals surface area contributed by atoms with Crippen LogP contribution in [0.2, 0.25) is 0 Å². The van der Waals surface area contributed by atoms with Crippen LogP contribution in [0.1, 0.15) is 5.56 Å². The van der Waals surface area contributed by atoms with E-state index in [-0.39, 0.29) is 6.54 Å². The first-order chi connectivity index (χ1) is 10.1. The quantitative estimate of drug-likeness (QED) is 0.744. The van der Waals surface area contributed by atoms with Crippen LogP contribution in [0.4, 0.5) is 5.69 Å². The van der Waals surface area contributed by atoms with Crippen molar-refractivity contribution in [3.05, 3.63) is 48.4 Å². The Kier molecular flexibility index (Phi) is 3.35. The minimum absolute atomic E-state index is 0.0932. The number of aryl methyl sites for hydroxylation is 1. The Morgan fingerprint density at radius 2 is 2.14 bits per heavy atom. The van der Waals surface area contributed by atoms with Crippen molar-refractivity contribution < 1.29 is 4.79 Å². The molecule has 3 N–H and O–H groups in total. The van der Waals surface area contributed by atoms with E-state index in [0.717, 1.165) is 5.69 Å². The standard InChI is InChI=1S/C15H17N5O/c1-19-8-11(13-4-2-3-5-14(13)19)6-17-12-7-18-20(9-12)10-15(16)21/h2-5,7-9,17H,6,10H2,1H3,(H2,16,21). The summed E-state index contributed by atoms with van der Waals surface area (Å²) in [5.74, 6) is -0.404. The molecule has 2 aromatic heterocycles. The van der Waals surface area contributed by atoms with Crippen LogP contribution in [0, 0.1) is 0 Å². The number of hydrogen-bond acceptors (Lipinski definition) is 3. The summed E-state index contributed by atoms with van der Waals surface area (Å²) in [5.41, 5.74) is 8.43. The van der Waals surface area contributed by atoms with E-state index in [0.29, 0.717) is 6.54 Å². The van der Waals surface area contributed by atoms with Gasteiger partial charge < -0.3 is 15.6 Å². The summed E-state index contributed by atoms with van der Waals surface area (Å²) < 4.78 is 3.64. The van der Waals surface area contributed by atoms with Crippen LogP contribution < -0.4 is 11.1 Å². The Bertz CT molecular complexity index is 786. The average Bonchev–Trinajstić information content (AvgIpc) is 3.02. The van der Waals surface area contributed by atoms with Crippen LogP contribution in [0.25, 0.3) is 10.9 Å².